The summed E-state index contributed by atoms with van der Waals surface area (Å²) >= 11 is 1.41. The molecule has 0 saturated carbocycles. The number of carbonyl (C=O) groups excluding carboxylic acids is 3. The Morgan fingerprint density at radius 3 is 2.28 bits per heavy atom. The van der Waals surface area contributed by atoms with Gasteiger partial charge in [-0.05, 0) is 66.8 Å². The summed E-state index contributed by atoms with van der Waals surface area (Å²) in [6.07, 6.45) is 2.60. The Bertz CT molecular complexity index is 1450. The fourth-order valence-electron chi connectivity index (χ4n) is 4.73. The molecule has 0 fully saturated rings. The summed E-state index contributed by atoms with van der Waals surface area (Å²) in [4.78, 5) is 50.8. The van der Waals surface area contributed by atoms with Crippen molar-refractivity contribution in [2.24, 2.45) is 0 Å². The number of carboxylic acids is 1. The third kappa shape index (κ3) is 6.49. The SMILES string of the molecule is Cc1cc(C(=O)N[C@H](C)c2cccc3ccccc23)cc(C)c1C(=O)N[C@@H](CNC(=O)C1=CCCS1)C(=O)O. The number of benzene rings is 3. The molecule has 0 aliphatic carbocycles. The molecule has 3 amide bonds. The number of hydrogen-bond donors (Lipinski definition) is 4. The van der Waals surface area contributed by atoms with Crippen molar-refractivity contribution in [3.05, 3.63) is 93.4 Å². The molecule has 4 N–H and O–H groups in total. The van der Waals surface area contributed by atoms with E-state index in [1.54, 1.807) is 26.0 Å². The minimum atomic E-state index is -1.31. The first-order valence-electron chi connectivity index (χ1n) is 12.7. The number of carboxylic acid groups (broad SMARTS) is 1. The molecular formula is C30H31N3O5S. The number of fused-ring (bicyclic) bond motifs is 1. The first-order chi connectivity index (χ1) is 18.7. The predicted octanol–water partition coefficient (Wildman–Crippen LogP) is 4.27. The monoisotopic (exact) mass is 545 g/mol. The molecule has 9 heteroatoms. The summed E-state index contributed by atoms with van der Waals surface area (Å²) in [5.74, 6) is -1.66. The fourth-order valence-corrected chi connectivity index (χ4v) is 5.62. The quantitative estimate of drug-likeness (QED) is 0.318. The summed E-state index contributed by atoms with van der Waals surface area (Å²) in [5.41, 5.74) is 2.77. The molecule has 1 heterocycles. The van der Waals surface area contributed by atoms with E-state index < -0.39 is 17.9 Å². The first-order valence-corrected chi connectivity index (χ1v) is 13.7. The molecule has 3 aromatic carbocycles. The van der Waals surface area contributed by atoms with Crippen LogP contribution in [0.1, 0.15) is 56.8 Å². The molecule has 0 radical (unpaired) electrons. The van der Waals surface area contributed by atoms with Gasteiger partial charge in [-0.25, -0.2) is 4.79 Å². The summed E-state index contributed by atoms with van der Waals surface area (Å²) in [5, 5.41) is 19.9. The number of aliphatic carboxylic acids is 1. The van der Waals surface area contributed by atoms with Crippen LogP contribution in [0.15, 0.2) is 65.6 Å². The number of rotatable bonds is 9. The zero-order valence-electron chi connectivity index (χ0n) is 22.0. The van der Waals surface area contributed by atoms with E-state index in [-0.39, 0.29) is 24.4 Å². The van der Waals surface area contributed by atoms with E-state index in [0.717, 1.165) is 28.5 Å². The van der Waals surface area contributed by atoms with E-state index in [1.807, 2.05) is 55.5 Å². The van der Waals surface area contributed by atoms with Crippen molar-refractivity contribution in [2.45, 2.75) is 39.3 Å². The summed E-state index contributed by atoms with van der Waals surface area (Å²) < 4.78 is 0. The average molecular weight is 546 g/mol. The third-order valence-electron chi connectivity index (χ3n) is 6.66. The van der Waals surface area contributed by atoms with Crippen molar-refractivity contribution in [1.29, 1.82) is 0 Å². The van der Waals surface area contributed by atoms with E-state index >= 15 is 0 Å². The van der Waals surface area contributed by atoms with Gasteiger partial charge in [0.15, 0.2) is 0 Å². The van der Waals surface area contributed by atoms with Crippen LogP contribution in [0.5, 0.6) is 0 Å². The molecular weight excluding hydrogens is 514 g/mol. The number of thioether (sulfide) groups is 1. The maximum atomic E-state index is 13.1. The van der Waals surface area contributed by atoms with Crippen LogP contribution in [-0.4, -0.2) is 47.1 Å². The van der Waals surface area contributed by atoms with E-state index in [1.165, 1.54) is 11.8 Å². The van der Waals surface area contributed by atoms with Crippen molar-refractivity contribution in [2.75, 3.05) is 12.3 Å². The van der Waals surface area contributed by atoms with Gasteiger partial charge in [0.25, 0.3) is 17.7 Å². The van der Waals surface area contributed by atoms with Crippen molar-refractivity contribution in [1.82, 2.24) is 16.0 Å². The molecule has 0 bridgehead atoms. The minimum absolute atomic E-state index is 0.248. The zero-order valence-corrected chi connectivity index (χ0v) is 22.9. The van der Waals surface area contributed by atoms with E-state index in [2.05, 4.69) is 16.0 Å². The van der Waals surface area contributed by atoms with Crippen LogP contribution in [0.2, 0.25) is 0 Å². The fraction of sp³-hybridized carbons (Fsp3) is 0.267. The Kier molecular flexibility index (Phi) is 8.71. The maximum absolute atomic E-state index is 13.1. The van der Waals surface area contributed by atoms with Crippen LogP contribution in [0, 0.1) is 13.8 Å². The smallest absolute Gasteiger partial charge is 0.328 e. The lowest BCUT2D eigenvalue weighted by molar-refractivity contribution is -0.139. The van der Waals surface area contributed by atoms with Crippen LogP contribution in [0.3, 0.4) is 0 Å². The van der Waals surface area contributed by atoms with Gasteiger partial charge >= 0.3 is 5.97 Å². The van der Waals surface area contributed by atoms with Crippen LogP contribution in [-0.2, 0) is 9.59 Å². The van der Waals surface area contributed by atoms with Crippen molar-refractivity contribution in [3.8, 4) is 0 Å². The van der Waals surface area contributed by atoms with Gasteiger partial charge in [-0.3, -0.25) is 14.4 Å². The van der Waals surface area contributed by atoms with Gasteiger partial charge in [0, 0.05) is 23.4 Å². The van der Waals surface area contributed by atoms with Crippen molar-refractivity contribution in [3.63, 3.8) is 0 Å². The van der Waals surface area contributed by atoms with Crippen molar-refractivity contribution < 1.29 is 24.3 Å². The molecule has 1 aliphatic rings. The normalized spacial score (nSPS) is 14.3. The van der Waals surface area contributed by atoms with Gasteiger partial charge in [-0.2, -0.15) is 0 Å². The highest BCUT2D eigenvalue weighted by atomic mass is 32.2. The van der Waals surface area contributed by atoms with Gasteiger partial charge in [0.05, 0.1) is 10.9 Å². The average Bonchev–Trinajstić information content (AvgIpc) is 3.45. The molecule has 0 unspecified atom stereocenters. The summed E-state index contributed by atoms with van der Waals surface area (Å²) in [7, 11) is 0. The molecule has 0 saturated heterocycles. The topological polar surface area (TPSA) is 125 Å². The largest absolute Gasteiger partial charge is 0.480 e. The van der Waals surface area contributed by atoms with Crippen LogP contribution < -0.4 is 16.0 Å². The second-order valence-corrected chi connectivity index (χ2v) is 10.7. The molecule has 8 nitrogen and oxygen atoms in total. The van der Waals surface area contributed by atoms with Crippen LogP contribution in [0.25, 0.3) is 10.8 Å². The molecule has 4 rings (SSSR count). The summed E-state index contributed by atoms with van der Waals surface area (Å²) in [6, 6.07) is 15.6. The highest BCUT2D eigenvalue weighted by molar-refractivity contribution is 8.04. The molecule has 2 atom stereocenters. The number of amides is 3. The standard InChI is InChI=1S/C30H31N3O5S/c1-17-14-21(27(34)32-19(3)22-11-6-9-20-8-4-5-10-23(20)22)15-18(2)26(17)29(36)33-24(30(37)38)16-31-28(35)25-12-7-13-39-25/h4-6,8-12,14-15,19,24H,7,13,16H2,1-3H3,(H,31,35)(H,32,34)(H,33,36)(H,37,38)/t19-,24+/m1/s1. The molecule has 3 aromatic rings. The Morgan fingerprint density at radius 1 is 0.923 bits per heavy atom. The molecule has 202 valence electrons. The van der Waals surface area contributed by atoms with Gasteiger partial charge in [-0.15, -0.1) is 11.8 Å². The van der Waals surface area contributed by atoms with E-state index in [9.17, 15) is 24.3 Å². The predicted molar refractivity (Wildman–Crippen MR) is 153 cm³/mol. The lowest BCUT2D eigenvalue weighted by atomic mass is 9.97. The third-order valence-corrected chi connectivity index (χ3v) is 7.76. The second kappa shape index (κ2) is 12.2. The number of aryl methyl sites for hydroxylation is 2. The molecule has 0 aromatic heterocycles. The van der Waals surface area contributed by atoms with Crippen LogP contribution in [0.4, 0.5) is 0 Å². The zero-order chi connectivity index (χ0) is 28.1. The highest BCUT2D eigenvalue weighted by Crippen LogP contribution is 2.26. The van der Waals surface area contributed by atoms with Gasteiger partial charge < -0.3 is 21.1 Å². The molecule has 1 aliphatic heterocycles. The maximum Gasteiger partial charge on any atom is 0.328 e. The lowest BCUT2D eigenvalue weighted by Gasteiger charge is -2.19. The second-order valence-electron chi connectivity index (χ2n) is 9.53. The Morgan fingerprint density at radius 2 is 1.62 bits per heavy atom. The number of carbonyl (C=O) groups is 4. The highest BCUT2D eigenvalue weighted by Gasteiger charge is 2.25. The molecule has 39 heavy (non-hydrogen) atoms. The molecule has 0 spiro atoms. The van der Waals surface area contributed by atoms with Gasteiger partial charge in [0.1, 0.15) is 6.04 Å². The first kappa shape index (κ1) is 27.9. The minimum Gasteiger partial charge on any atom is -0.480 e. The number of nitrogens with one attached hydrogen (secondary N) is 3. The summed E-state index contributed by atoms with van der Waals surface area (Å²) in [6.45, 7) is 5.08. The van der Waals surface area contributed by atoms with Gasteiger partial charge in [0.2, 0.25) is 0 Å². The Balaban J connectivity index is 1.45. The van der Waals surface area contributed by atoms with Gasteiger partial charge in [-0.1, -0.05) is 48.5 Å². The Hall–Kier alpha value is -4.11. The van der Waals surface area contributed by atoms with Crippen LogP contribution >= 0.6 is 11.8 Å². The lowest BCUT2D eigenvalue weighted by Crippen LogP contribution is -2.48. The van der Waals surface area contributed by atoms with Crippen molar-refractivity contribution >= 4 is 46.2 Å². The van der Waals surface area contributed by atoms with E-state index in [0.29, 0.717) is 27.2 Å². The Labute approximate surface area is 231 Å². The van der Waals surface area contributed by atoms with E-state index in [4.69, 9.17) is 0 Å². The number of hydrogen-bond acceptors (Lipinski definition) is 5. The number of allylic oxidation sites excluding steroid dienone is 1.